The van der Waals surface area contributed by atoms with Gasteiger partial charge in [0.25, 0.3) is 0 Å². The maximum absolute atomic E-state index is 5.25. The summed E-state index contributed by atoms with van der Waals surface area (Å²) in [5, 5.41) is 3.29. The second-order valence-corrected chi connectivity index (χ2v) is 5.67. The van der Waals surface area contributed by atoms with Crippen LogP contribution in [-0.2, 0) is 11.5 Å². The highest BCUT2D eigenvalue weighted by molar-refractivity contribution is 5.42. The van der Waals surface area contributed by atoms with E-state index in [9.17, 15) is 0 Å². The van der Waals surface area contributed by atoms with Crippen molar-refractivity contribution in [3.8, 4) is 5.75 Å². The van der Waals surface area contributed by atoms with Crippen molar-refractivity contribution in [1.82, 2.24) is 10.2 Å². The molecule has 1 aromatic carbocycles. The van der Waals surface area contributed by atoms with E-state index >= 15 is 0 Å². The van der Waals surface area contributed by atoms with E-state index in [1.165, 1.54) is 43.5 Å². The van der Waals surface area contributed by atoms with Crippen LogP contribution in [0, 0.1) is 0 Å². The molecule has 2 aliphatic rings. The molecular formula is C16H24N2O2. The van der Waals surface area contributed by atoms with E-state index in [1.54, 1.807) is 0 Å². The van der Waals surface area contributed by atoms with Gasteiger partial charge < -0.3 is 10.2 Å². The Hall–Kier alpha value is -1.10. The average Bonchev–Trinajstić information content (AvgIpc) is 2.98. The number of hydrogen-bond acceptors (Lipinski definition) is 4. The van der Waals surface area contributed by atoms with Gasteiger partial charge in [-0.15, -0.1) is 0 Å². The number of nitrogens with zero attached hydrogens (tertiary/aromatic N) is 1. The zero-order valence-corrected chi connectivity index (χ0v) is 12.2. The monoisotopic (exact) mass is 276 g/mol. The van der Waals surface area contributed by atoms with Crippen molar-refractivity contribution in [3.05, 3.63) is 29.3 Å². The Balaban J connectivity index is 1.86. The summed E-state index contributed by atoms with van der Waals surface area (Å²) in [6, 6.07) is 6.80. The molecule has 0 aliphatic carbocycles. The summed E-state index contributed by atoms with van der Waals surface area (Å²) in [6.45, 7) is 4.03. The minimum atomic E-state index is 0.475. The summed E-state index contributed by atoms with van der Waals surface area (Å²) in [4.78, 5) is 13.0. The highest BCUT2D eigenvalue weighted by Gasteiger charge is 2.27. The molecule has 2 aliphatic heterocycles. The number of piperidine rings is 1. The minimum absolute atomic E-state index is 0.475. The van der Waals surface area contributed by atoms with Crippen molar-refractivity contribution < 1.29 is 9.78 Å². The summed E-state index contributed by atoms with van der Waals surface area (Å²) < 4.78 is 0. The Morgan fingerprint density at radius 1 is 1.25 bits per heavy atom. The van der Waals surface area contributed by atoms with E-state index in [1.807, 2.05) is 13.1 Å². The highest BCUT2D eigenvalue weighted by Crippen LogP contribution is 2.36. The molecule has 1 N–H and O–H groups in total. The fourth-order valence-electron chi connectivity index (χ4n) is 3.33. The molecule has 0 spiro atoms. The quantitative estimate of drug-likeness (QED) is 0.838. The summed E-state index contributed by atoms with van der Waals surface area (Å²) in [7, 11) is 2.02. The van der Waals surface area contributed by atoms with Crippen molar-refractivity contribution in [3.63, 3.8) is 0 Å². The van der Waals surface area contributed by atoms with Crippen LogP contribution in [0.5, 0.6) is 5.75 Å². The van der Waals surface area contributed by atoms with Gasteiger partial charge >= 0.3 is 0 Å². The van der Waals surface area contributed by atoms with Gasteiger partial charge in [-0.05, 0) is 57.6 Å². The molecule has 1 aromatic rings. The molecule has 1 saturated heterocycles. The average molecular weight is 276 g/mol. The van der Waals surface area contributed by atoms with Crippen LogP contribution in [-0.4, -0.2) is 31.6 Å². The summed E-state index contributed by atoms with van der Waals surface area (Å²) in [5.41, 5.74) is 2.62. The number of benzene rings is 1. The van der Waals surface area contributed by atoms with Crippen LogP contribution in [0.1, 0.15) is 42.9 Å². The zero-order chi connectivity index (χ0) is 13.8. The fraction of sp³-hybridized carbons (Fsp3) is 0.625. The van der Waals surface area contributed by atoms with E-state index in [4.69, 9.17) is 9.78 Å². The van der Waals surface area contributed by atoms with Crippen LogP contribution >= 0.6 is 0 Å². The zero-order valence-electron chi connectivity index (χ0n) is 12.2. The van der Waals surface area contributed by atoms with E-state index in [0.717, 1.165) is 18.7 Å². The van der Waals surface area contributed by atoms with E-state index in [0.29, 0.717) is 12.6 Å². The Morgan fingerprint density at radius 3 is 2.90 bits per heavy atom. The van der Waals surface area contributed by atoms with E-state index in [2.05, 4.69) is 22.3 Å². The maximum atomic E-state index is 5.25. The summed E-state index contributed by atoms with van der Waals surface area (Å²) >= 11 is 0. The summed E-state index contributed by atoms with van der Waals surface area (Å²) in [6.07, 6.45) is 5.14. The Labute approximate surface area is 121 Å². The third-order valence-electron chi connectivity index (χ3n) is 4.38. The third kappa shape index (κ3) is 2.82. The van der Waals surface area contributed by atoms with Crippen molar-refractivity contribution >= 4 is 0 Å². The molecule has 4 heteroatoms. The lowest BCUT2D eigenvalue weighted by molar-refractivity contribution is -0.194. The normalized spacial score (nSPS) is 20.4. The predicted octanol–water partition coefficient (Wildman–Crippen LogP) is 2.65. The Kier molecular flexibility index (Phi) is 4.55. The van der Waals surface area contributed by atoms with Gasteiger partial charge in [-0.1, -0.05) is 18.6 Å². The lowest BCUT2D eigenvalue weighted by atomic mass is 9.94. The number of nitrogens with one attached hydrogen (secondary N) is 1. The molecule has 3 rings (SSSR count). The molecule has 0 aromatic heterocycles. The van der Waals surface area contributed by atoms with Gasteiger partial charge in [-0.25, -0.2) is 0 Å². The second-order valence-electron chi connectivity index (χ2n) is 5.67. The second kappa shape index (κ2) is 6.57. The molecular weight excluding hydrogens is 252 g/mol. The molecule has 110 valence electrons. The lowest BCUT2D eigenvalue weighted by Crippen LogP contribution is -2.35. The standard InChI is InChI=1S/C16H24N2O2/c1-17-9-8-15(18-10-3-2-4-11-18)13-6-5-7-16-14(13)12-19-20-16/h5-7,15,17H,2-4,8-12H2,1H3. The van der Waals surface area contributed by atoms with Crippen molar-refractivity contribution in [2.24, 2.45) is 0 Å². The maximum Gasteiger partial charge on any atom is 0.171 e. The Morgan fingerprint density at radius 2 is 2.10 bits per heavy atom. The molecule has 20 heavy (non-hydrogen) atoms. The molecule has 4 nitrogen and oxygen atoms in total. The van der Waals surface area contributed by atoms with Crippen LogP contribution in [0.4, 0.5) is 0 Å². The molecule has 1 fully saturated rings. The molecule has 2 heterocycles. The van der Waals surface area contributed by atoms with Gasteiger partial charge in [-0.2, -0.15) is 4.89 Å². The van der Waals surface area contributed by atoms with Crippen LogP contribution in [0.2, 0.25) is 0 Å². The minimum Gasteiger partial charge on any atom is -0.337 e. The number of fused-ring (bicyclic) bond motifs is 1. The van der Waals surface area contributed by atoms with E-state index in [-0.39, 0.29) is 0 Å². The largest absolute Gasteiger partial charge is 0.337 e. The number of hydrogen-bond donors (Lipinski definition) is 1. The van der Waals surface area contributed by atoms with Crippen molar-refractivity contribution in [2.75, 3.05) is 26.7 Å². The summed E-state index contributed by atoms with van der Waals surface area (Å²) in [5.74, 6) is 0.897. The van der Waals surface area contributed by atoms with Crippen molar-refractivity contribution in [1.29, 1.82) is 0 Å². The van der Waals surface area contributed by atoms with Crippen LogP contribution in [0.3, 0.4) is 0 Å². The molecule has 0 amide bonds. The fourth-order valence-corrected chi connectivity index (χ4v) is 3.33. The smallest absolute Gasteiger partial charge is 0.171 e. The number of likely N-dealkylation sites (tertiary alicyclic amines) is 1. The first-order chi connectivity index (χ1) is 9.90. The first-order valence-corrected chi connectivity index (χ1v) is 7.70. The topological polar surface area (TPSA) is 33.7 Å². The highest BCUT2D eigenvalue weighted by atomic mass is 17.2. The van der Waals surface area contributed by atoms with Crippen LogP contribution < -0.4 is 10.2 Å². The van der Waals surface area contributed by atoms with Gasteiger partial charge in [0.2, 0.25) is 0 Å². The predicted molar refractivity (Wildman–Crippen MR) is 78.6 cm³/mol. The molecule has 0 saturated carbocycles. The molecule has 1 unspecified atom stereocenters. The third-order valence-corrected chi connectivity index (χ3v) is 4.38. The first-order valence-electron chi connectivity index (χ1n) is 7.70. The van der Waals surface area contributed by atoms with Crippen LogP contribution in [0.15, 0.2) is 18.2 Å². The van der Waals surface area contributed by atoms with E-state index < -0.39 is 0 Å². The lowest BCUT2D eigenvalue weighted by Gasteiger charge is -2.35. The SMILES string of the molecule is CNCCC(c1cccc2c1COO2)N1CCCCC1. The molecule has 0 radical (unpaired) electrons. The number of rotatable bonds is 5. The van der Waals surface area contributed by atoms with Gasteiger partial charge in [0.15, 0.2) is 5.75 Å². The van der Waals surface area contributed by atoms with Crippen molar-refractivity contribution in [2.45, 2.75) is 38.3 Å². The van der Waals surface area contributed by atoms with Crippen LogP contribution in [0.25, 0.3) is 0 Å². The molecule has 0 bridgehead atoms. The van der Waals surface area contributed by atoms with Gasteiger partial charge in [0.1, 0.15) is 6.61 Å². The van der Waals surface area contributed by atoms with Gasteiger partial charge in [0, 0.05) is 11.6 Å². The molecule has 1 atom stereocenters. The van der Waals surface area contributed by atoms with Gasteiger partial charge in [0.05, 0.1) is 0 Å². The Bertz CT molecular complexity index is 444. The first kappa shape index (κ1) is 13.9. The van der Waals surface area contributed by atoms with Gasteiger partial charge in [-0.3, -0.25) is 4.90 Å².